The zero-order valence-corrected chi connectivity index (χ0v) is 19.7. The average Bonchev–Trinajstić information content (AvgIpc) is 3.19. The Labute approximate surface area is 205 Å². The lowest BCUT2D eigenvalue weighted by Gasteiger charge is -2.25. The average molecular weight is 494 g/mol. The van der Waals surface area contributed by atoms with Crippen LogP contribution in [0.15, 0.2) is 54.6 Å². The number of hydrogen-bond donors (Lipinski definition) is 1. The lowest BCUT2D eigenvalue weighted by Crippen LogP contribution is -2.25. The van der Waals surface area contributed by atoms with Crippen molar-refractivity contribution < 1.29 is 18.7 Å². The van der Waals surface area contributed by atoms with Crippen molar-refractivity contribution in [1.82, 2.24) is 20.0 Å². The number of carbonyl (C=O) groups is 1. The third kappa shape index (κ3) is 4.54. The van der Waals surface area contributed by atoms with Crippen LogP contribution in [-0.2, 0) is 11.4 Å². The minimum absolute atomic E-state index is 0.143. The SMILES string of the molecule is COc1ccc([C@H]2CC(=O)Nc3c2c(C)nn3-c2ccc(Cl)nn2)cc1OCc1ccc(F)cc1. The first-order valence-electron chi connectivity index (χ1n) is 10.9. The van der Waals surface area contributed by atoms with Gasteiger partial charge in [-0.25, -0.2) is 4.39 Å². The maximum atomic E-state index is 13.2. The van der Waals surface area contributed by atoms with Gasteiger partial charge in [-0.15, -0.1) is 10.2 Å². The first-order valence-corrected chi connectivity index (χ1v) is 11.2. The van der Waals surface area contributed by atoms with Crippen LogP contribution in [0.3, 0.4) is 0 Å². The Morgan fingerprint density at radius 3 is 2.63 bits per heavy atom. The highest BCUT2D eigenvalue weighted by molar-refractivity contribution is 6.29. The van der Waals surface area contributed by atoms with Gasteiger partial charge in [-0.3, -0.25) is 4.79 Å². The van der Waals surface area contributed by atoms with E-state index in [4.69, 9.17) is 21.1 Å². The smallest absolute Gasteiger partial charge is 0.226 e. The van der Waals surface area contributed by atoms with Crippen LogP contribution in [0.4, 0.5) is 10.2 Å². The van der Waals surface area contributed by atoms with Crippen LogP contribution in [0, 0.1) is 12.7 Å². The normalized spacial score (nSPS) is 14.9. The van der Waals surface area contributed by atoms with Crippen LogP contribution in [-0.4, -0.2) is 33.0 Å². The third-order valence-corrected chi connectivity index (χ3v) is 6.04. The Morgan fingerprint density at radius 1 is 1.11 bits per heavy atom. The summed E-state index contributed by atoms with van der Waals surface area (Å²) in [6, 6.07) is 15.0. The minimum atomic E-state index is -0.305. The van der Waals surface area contributed by atoms with Gasteiger partial charge in [-0.2, -0.15) is 9.78 Å². The Bertz CT molecular complexity index is 1390. The predicted octanol–water partition coefficient (Wildman–Crippen LogP) is 4.82. The second kappa shape index (κ2) is 9.34. The highest BCUT2D eigenvalue weighted by Crippen LogP contribution is 2.42. The second-order valence-electron chi connectivity index (χ2n) is 8.10. The number of halogens is 2. The first kappa shape index (κ1) is 22.8. The van der Waals surface area contributed by atoms with Crippen molar-refractivity contribution in [1.29, 1.82) is 0 Å². The molecule has 2 aromatic carbocycles. The number of aromatic nitrogens is 4. The Hall–Kier alpha value is -3.98. The number of benzene rings is 2. The molecule has 0 spiro atoms. The van der Waals surface area contributed by atoms with Gasteiger partial charge in [-0.05, 0) is 54.4 Å². The minimum Gasteiger partial charge on any atom is -0.493 e. The lowest BCUT2D eigenvalue weighted by atomic mass is 9.85. The molecule has 2 aromatic heterocycles. The molecule has 0 radical (unpaired) electrons. The van der Waals surface area contributed by atoms with Crippen LogP contribution < -0.4 is 14.8 Å². The van der Waals surface area contributed by atoms with Crippen LogP contribution in [0.2, 0.25) is 5.15 Å². The van der Waals surface area contributed by atoms with Gasteiger partial charge in [-0.1, -0.05) is 29.8 Å². The van der Waals surface area contributed by atoms with Gasteiger partial charge >= 0.3 is 0 Å². The maximum Gasteiger partial charge on any atom is 0.226 e. The van der Waals surface area contributed by atoms with E-state index in [2.05, 4.69) is 20.6 Å². The molecular weight excluding hydrogens is 473 g/mol. The van der Waals surface area contributed by atoms with E-state index in [0.717, 1.165) is 22.4 Å². The molecule has 4 aromatic rings. The van der Waals surface area contributed by atoms with Crippen molar-refractivity contribution in [3.8, 4) is 17.3 Å². The van der Waals surface area contributed by atoms with E-state index >= 15 is 0 Å². The highest BCUT2D eigenvalue weighted by Gasteiger charge is 2.33. The number of fused-ring (bicyclic) bond motifs is 1. The molecule has 178 valence electrons. The summed E-state index contributed by atoms with van der Waals surface area (Å²) in [5.41, 5.74) is 3.34. The summed E-state index contributed by atoms with van der Waals surface area (Å²) in [6.45, 7) is 2.13. The number of amides is 1. The van der Waals surface area contributed by atoms with E-state index in [0.29, 0.717) is 23.1 Å². The van der Waals surface area contributed by atoms with E-state index in [1.54, 1.807) is 36.1 Å². The molecule has 0 unspecified atom stereocenters. The Balaban J connectivity index is 1.50. The molecule has 0 saturated heterocycles. The van der Waals surface area contributed by atoms with E-state index in [1.807, 2.05) is 25.1 Å². The number of nitrogens with zero attached hydrogens (tertiary/aromatic N) is 4. The number of nitrogens with one attached hydrogen (secondary N) is 1. The molecule has 0 bridgehead atoms. The third-order valence-electron chi connectivity index (χ3n) is 5.84. The number of anilines is 1. The van der Waals surface area contributed by atoms with E-state index < -0.39 is 0 Å². The van der Waals surface area contributed by atoms with Crippen molar-refractivity contribution in [2.45, 2.75) is 25.9 Å². The Kier molecular flexibility index (Phi) is 6.08. The number of ether oxygens (including phenoxy) is 2. The summed E-state index contributed by atoms with van der Waals surface area (Å²) in [4.78, 5) is 12.7. The molecule has 1 aliphatic rings. The van der Waals surface area contributed by atoms with Crippen LogP contribution in [0.1, 0.15) is 34.7 Å². The van der Waals surface area contributed by atoms with Gasteiger partial charge in [0.05, 0.1) is 12.8 Å². The first-order chi connectivity index (χ1) is 16.9. The van der Waals surface area contributed by atoms with Crippen molar-refractivity contribution in [3.63, 3.8) is 0 Å². The topological polar surface area (TPSA) is 91.2 Å². The summed E-state index contributed by atoms with van der Waals surface area (Å²) in [7, 11) is 1.56. The molecule has 10 heteroatoms. The van der Waals surface area contributed by atoms with Crippen LogP contribution in [0.5, 0.6) is 11.5 Å². The molecule has 0 fully saturated rings. The summed E-state index contributed by atoms with van der Waals surface area (Å²) >= 11 is 5.87. The van der Waals surface area contributed by atoms with E-state index in [-0.39, 0.29) is 35.8 Å². The van der Waals surface area contributed by atoms with Gasteiger partial charge in [0.2, 0.25) is 5.91 Å². The summed E-state index contributed by atoms with van der Waals surface area (Å²) in [6.07, 6.45) is 0.246. The zero-order valence-electron chi connectivity index (χ0n) is 19.0. The second-order valence-corrected chi connectivity index (χ2v) is 8.49. The largest absolute Gasteiger partial charge is 0.493 e. The van der Waals surface area contributed by atoms with E-state index in [9.17, 15) is 9.18 Å². The molecular formula is C25H21ClFN5O3. The molecule has 3 heterocycles. The van der Waals surface area contributed by atoms with Crippen LogP contribution in [0.25, 0.3) is 5.82 Å². The summed E-state index contributed by atoms with van der Waals surface area (Å²) in [5, 5.41) is 15.8. The highest BCUT2D eigenvalue weighted by atomic mass is 35.5. The number of rotatable bonds is 6. The standard InChI is InChI=1S/C25H21ClFN5O3/c1-14-24-18(12-23(33)28-25(24)32(31-14)22-10-9-21(26)29-30-22)16-5-8-19(34-2)20(11-16)35-13-15-3-6-17(27)7-4-15/h3-11,18H,12-13H2,1-2H3,(H,28,33)/t18-/m1/s1. The number of carbonyl (C=O) groups excluding carboxylic acids is 1. The molecule has 5 rings (SSSR count). The maximum absolute atomic E-state index is 13.2. The Morgan fingerprint density at radius 2 is 1.91 bits per heavy atom. The molecule has 1 aliphatic heterocycles. The van der Waals surface area contributed by atoms with Gasteiger partial charge in [0.25, 0.3) is 0 Å². The zero-order chi connectivity index (χ0) is 24.5. The van der Waals surface area contributed by atoms with Crippen LogP contribution >= 0.6 is 11.6 Å². The molecule has 35 heavy (non-hydrogen) atoms. The van der Waals surface area contributed by atoms with Gasteiger partial charge in [0, 0.05) is 17.9 Å². The van der Waals surface area contributed by atoms with E-state index in [1.165, 1.54) is 12.1 Å². The summed E-state index contributed by atoms with van der Waals surface area (Å²) in [5.74, 6) is 1.36. The molecule has 1 amide bonds. The summed E-state index contributed by atoms with van der Waals surface area (Å²) < 4.78 is 26.3. The fourth-order valence-electron chi connectivity index (χ4n) is 4.18. The molecule has 1 N–H and O–H groups in total. The van der Waals surface area contributed by atoms with Gasteiger partial charge in [0.1, 0.15) is 18.2 Å². The van der Waals surface area contributed by atoms with Crippen molar-refractivity contribution in [2.75, 3.05) is 12.4 Å². The molecule has 0 saturated carbocycles. The van der Waals surface area contributed by atoms with Gasteiger partial charge < -0.3 is 14.8 Å². The number of aryl methyl sites for hydroxylation is 1. The monoisotopic (exact) mass is 493 g/mol. The molecule has 1 atom stereocenters. The lowest BCUT2D eigenvalue weighted by molar-refractivity contribution is -0.116. The number of methoxy groups -OCH3 is 1. The fourth-order valence-corrected chi connectivity index (χ4v) is 4.28. The van der Waals surface area contributed by atoms with Crippen molar-refractivity contribution in [3.05, 3.63) is 88.0 Å². The molecule has 0 aliphatic carbocycles. The fraction of sp³-hybridized carbons (Fsp3) is 0.200. The quantitative estimate of drug-likeness (QED) is 0.414. The van der Waals surface area contributed by atoms with Gasteiger partial charge in [0.15, 0.2) is 22.5 Å². The number of hydrogen-bond acceptors (Lipinski definition) is 6. The van der Waals surface area contributed by atoms with Crippen molar-refractivity contribution in [2.24, 2.45) is 0 Å². The predicted molar refractivity (Wildman–Crippen MR) is 128 cm³/mol. The van der Waals surface area contributed by atoms with Crippen molar-refractivity contribution >= 4 is 23.3 Å². The molecule has 8 nitrogen and oxygen atoms in total.